The molecule has 1 unspecified atom stereocenters. The summed E-state index contributed by atoms with van der Waals surface area (Å²) in [5, 5.41) is 6.99. The maximum atomic E-state index is 12.8. The molecular formula is C23H25N3O3. The highest BCUT2D eigenvalue weighted by atomic mass is 16.5. The van der Waals surface area contributed by atoms with Gasteiger partial charge in [0.05, 0.1) is 6.04 Å². The van der Waals surface area contributed by atoms with Crippen LogP contribution in [-0.4, -0.2) is 16.0 Å². The summed E-state index contributed by atoms with van der Waals surface area (Å²) in [5.74, 6) is 1.56. The minimum Gasteiger partial charge on any atom is -0.485 e. The quantitative estimate of drug-likeness (QED) is 0.693. The third-order valence-electron chi connectivity index (χ3n) is 5.48. The zero-order chi connectivity index (χ0) is 20.4. The highest BCUT2D eigenvalue weighted by Gasteiger charge is 2.32. The van der Waals surface area contributed by atoms with Gasteiger partial charge in [0, 0.05) is 12.5 Å². The van der Waals surface area contributed by atoms with E-state index in [0.717, 1.165) is 12.8 Å². The summed E-state index contributed by atoms with van der Waals surface area (Å²) < 4.78 is 10.6. The van der Waals surface area contributed by atoms with Crippen LogP contribution in [0.5, 0.6) is 5.75 Å². The van der Waals surface area contributed by atoms with Crippen molar-refractivity contribution in [3.63, 3.8) is 0 Å². The van der Waals surface area contributed by atoms with Crippen molar-refractivity contribution in [2.45, 2.75) is 51.7 Å². The van der Waals surface area contributed by atoms with E-state index in [9.17, 15) is 4.79 Å². The predicted octanol–water partition coefficient (Wildman–Crippen LogP) is 4.50. The maximum Gasteiger partial charge on any atom is 0.251 e. The first kappa shape index (κ1) is 19.2. The lowest BCUT2D eigenvalue weighted by Gasteiger charge is -2.37. The molecule has 2 aromatic carbocycles. The van der Waals surface area contributed by atoms with Gasteiger partial charge in [-0.3, -0.25) is 4.79 Å². The van der Waals surface area contributed by atoms with E-state index in [2.05, 4.69) is 47.5 Å². The van der Waals surface area contributed by atoms with Crippen molar-refractivity contribution in [3.05, 3.63) is 76.9 Å². The molecule has 1 aliphatic carbocycles. The Balaban J connectivity index is 1.41. The summed E-state index contributed by atoms with van der Waals surface area (Å²) in [7, 11) is 0. The van der Waals surface area contributed by atoms with Gasteiger partial charge < -0.3 is 14.6 Å². The van der Waals surface area contributed by atoms with Crippen LogP contribution < -0.4 is 10.1 Å². The van der Waals surface area contributed by atoms with Crippen LogP contribution in [0, 0.1) is 6.92 Å². The Morgan fingerprint density at radius 1 is 1.21 bits per heavy atom. The molecule has 0 radical (unpaired) electrons. The Bertz CT molecular complexity index is 1010. The van der Waals surface area contributed by atoms with Crippen molar-refractivity contribution in [2.24, 2.45) is 0 Å². The van der Waals surface area contributed by atoms with Crippen molar-refractivity contribution >= 4 is 5.91 Å². The van der Waals surface area contributed by atoms with Gasteiger partial charge in [0.2, 0.25) is 11.7 Å². The Hall–Kier alpha value is -3.15. The number of hydrogen-bond donors (Lipinski definition) is 1. The Morgan fingerprint density at radius 2 is 1.97 bits per heavy atom. The van der Waals surface area contributed by atoms with Gasteiger partial charge in [0.15, 0.2) is 6.61 Å². The van der Waals surface area contributed by atoms with Crippen molar-refractivity contribution in [1.29, 1.82) is 0 Å². The first-order valence-corrected chi connectivity index (χ1v) is 9.85. The monoisotopic (exact) mass is 391 g/mol. The number of aryl methyl sites for hydroxylation is 1. The molecule has 0 fully saturated rings. The Kier molecular flexibility index (Phi) is 5.09. The molecule has 1 aromatic heterocycles. The molecule has 150 valence electrons. The van der Waals surface area contributed by atoms with E-state index < -0.39 is 0 Å². The number of hydrogen-bond acceptors (Lipinski definition) is 5. The number of carbonyl (C=O) groups excluding carboxylic acids is 1. The molecule has 1 aliphatic rings. The first-order chi connectivity index (χ1) is 13.9. The predicted molar refractivity (Wildman–Crippen MR) is 109 cm³/mol. The Morgan fingerprint density at radius 3 is 2.69 bits per heavy atom. The lowest BCUT2D eigenvalue weighted by atomic mass is 9.71. The molecular weight excluding hydrogens is 366 g/mol. The largest absolute Gasteiger partial charge is 0.485 e. The van der Waals surface area contributed by atoms with Crippen molar-refractivity contribution in [3.8, 4) is 5.75 Å². The summed E-state index contributed by atoms with van der Waals surface area (Å²) >= 11 is 0. The van der Waals surface area contributed by atoms with Gasteiger partial charge in [0.25, 0.3) is 5.91 Å². The second-order valence-corrected chi connectivity index (χ2v) is 8.08. The van der Waals surface area contributed by atoms with Crippen molar-refractivity contribution < 1.29 is 14.1 Å². The smallest absolute Gasteiger partial charge is 0.251 e. The van der Waals surface area contributed by atoms with Crippen LogP contribution in [0.4, 0.5) is 0 Å². The van der Waals surface area contributed by atoms with Crippen LogP contribution in [0.1, 0.15) is 65.9 Å². The molecule has 1 amide bonds. The number of carbonyl (C=O) groups is 1. The van der Waals surface area contributed by atoms with E-state index >= 15 is 0 Å². The number of fused-ring (bicyclic) bond motifs is 1. The molecule has 1 N–H and O–H groups in total. The van der Waals surface area contributed by atoms with E-state index in [1.807, 2.05) is 6.07 Å². The minimum absolute atomic E-state index is 0.0316. The number of nitrogens with one attached hydrogen (secondary N) is 1. The average molecular weight is 391 g/mol. The lowest BCUT2D eigenvalue weighted by Crippen LogP contribution is -2.35. The Labute approximate surface area is 170 Å². The van der Waals surface area contributed by atoms with E-state index in [1.165, 1.54) is 11.1 Å². The standard InChI is InChI=1S/C23H25N3O3/c1-15-24-21(26-29-15)14-28-17-10-8-16(9-11-17)22(27)25-20-12-13-23(2,3)19-7-5-4-6-18(19)20/h4-11,20H,12-14H2,1-3H3,(H,25,27). The lowest BCUT2D eigenvalue weighted by molar-refractivity contribution is 0.0929. The van der Waals surface area contributed by atoms with Gasteiger partial charge >= 0.3 is 0 Å². The second-order valence-electron chi connectivity index (χ2n) is 8.08. The van der Waals surface area contributed by atoms with E-state index in [4.69, 9.17) is 9.26 Å². The molecule has 6 heteroatoms. The van der Waals surface area contributed by atoms with Gasteiger partial charge in [-0.05, 0) is 53.6 Å². The summed E-state index contributed by atoms with van der Waals surface area (Å²) in [4.78, 5) is 16.9. The molecule has 0 spiro atoms. The third kappa shape index (κ3) is 4.16. The van der Waals surface area contributed by atoms with E-state index in [-0.39, 0.29) is 24.0 Å². The zero-order valence-electron chi connectivity index (χ0n) is 16.9. The molecule has 4 rings (SSSR count). The molecule has 0 aliphatic heterocycles. The van der Waals surface area contributed by atoms with Crippen LogP contribution in [0.25, 0.3) is 0 Å². The fraction of sp³-hybridized carbons (Fsp3) is 0.348. The molecule has 6 nitrogen and oxygen atoms in total. The maximum absolute atomic E-state index is 12.8. The van der Waals surface area contributed by atoms with Crippen molar-refractivity contribution in [2.75, 3.05) is 0 Å². The number of aromatic nitrogens is 2. The fourth-order valence-corrected chi connectivity index (χ4v) is 3.85. The molecule has 1 atom stereocenters. The zero-order valence-corrected chi connectivity index (χ0v) is 16.9. The van der Waals surface area contributed by atoms with Gasteiger partial charge in [-0.2, -0.15) is 4.98 Å². The summed E-state index contributed by atoms with van der Waals surface area (Å²) in [6.07, 6.45) is 1.97. The van der Waals surface area contributed by atoms with Crippen LogP contribution in [0.3, 0.4) is 0 Å². The number of ether oxygens (including phenoxy) is 1. The van der Waals surface area contributed by atoms with Crippen LogP contribution >= 0.6 is 0 Å². The van der Waals surface area contributed by atoms with Gasteiger partial charge in [-0.25, -0.2) is 0 Å². The van der Waals surface area contributed by atoms with Crippen LogP contribution in [0.15, 0.2) is 53.1 Å². The molecule has 3 aromatic rings. The second kappa shape index (κ2) is 7.70. The molecule has 0 saturated heterocycles. The number of rotatable bonds is 5. The number of nitrogens with zero attached hydrogens (tertiary/aromatic N) is 2. The van der Waals surface area contributed by atoms with Gasteiger partial charge in [-0.1, -0.05) is 43.3 Å². The summed E-state index contributed by atoms with van der Waals surface area (Å²) in [6.45, 7) is 6.48. The van der Waals surface area contributed by atoms with Crippen LogP contribution in [-0.2, 0) is 12.0 Å². The summed E-state index contributed by atoms with van der Waals surface area (Å²) in [6, 6.07) is 15.5. The van der Waals surface area contributed by atoms with Gasteiger partial charge in [0.1, 0.15) is 5.75 Å². The summed E-state index contributed by atoms with van der Waals surface area (Å²) in [5.41, 5.74) is 3.27. The molecule has 1 heterocycles. The molecule has 0 bridgehead atoms. The third-order valence-corrected chi connectivity index (χ3v) is 5.48. The van der Waals surface area contributed by atoms with Crippen molar-refractivity contribution in [1.82, 2.24) is 15.5 Å². The van der Waals surface area contributed by atoms with E-state index in [0.29, 0.717) is 23.0 Å². The average Bonchev–Trinajstić information content (AvgIpc) is 3.14. The minimum atomic E-state index is -0.0788. The normalized spacial score (nSPS) is 17.4. The number of amides is 1. The molecule has 29 heavy (non-hydrogen) atoms. The first-order valence-electron chi connectivity index (χ1n) is 9.85. The highest BCUT2D eigenvalue weighted by molar-refractivity contribution is 5.94. The topological polar surface area (TPSA) is 77.2 Å². The van der Waals surface area contributed by atoms with E-state index in [1.54, 1.807) is 31.2 Å². The highest BCUT2D eigenvalue weighted by Crippen LogP contribution is 2.41. The SMILES string of the molecule is Cc1nc(COc2ccc(C(=O)NC3CCC(C)(C)c4ccccc43)cc2)no1. The van der Waals surface area contributed by atoms with Gasteiger partial charge in [-0.15, -0.1) is 0 Å². The van der Waals surface area contributed by atoms with Crippen LogP contribution in [0.2, 0.25) is 0 Å². The number of benzene rings is 2. The fourth-order valence-electron chi connectivity index (χ4n) is 3.85. The molecule has 0 saturated carbocycles.